The minimum absolute atomic E-state index is 0.164. The molecular weight excluding hydrogens is 362 g/mol. The number of piperidine rings is 1. The number of amides is 1. The molecule has 1 aromatic heterocycles. The van der Waals surface area contributed by atoms with Crippen LogP contribution in [0.4, 0.5) is 0 Å². The number of nitrogens with one attached hydrogen (secondary N) is 2. The van der Waals surface area contributed by atoms with Crippen LogP contribution in [0.15, 0.2) is 36.0 Å². The Labute approximate surface area is 173 Å². The quantitative estimate of drug-likeness (QED) is 0.685. The number of aromatic nitrogens is 1. The minimum atomic E-state index is 0.164. The van der Waals surface area contributed by atoms with E-state index < -0.39 is 0 Å². The molecule has 1 saturated heterocycles. The number of carbonyl (C=O) groups excluding carboxylic acids is 1. The van der Waals surface area contributed by atoms with Crippen molar-refractivity contribution < 1.29 is 9.53 Å². The van der Waals surface area contributed by atoms with Gasteiger partial charge in [-0.1, -0.05) is 11.6 Å². The molecule has 156 valence electrons. The first-order valence-electron chi connectivity index (χ1n) is 11.0. The molecule has 1 aliphatic carbocycles. The van der Waals surface area contributed by atoms with Crippen molar-refractivity contribution >= 4 is 16.8 Å². The van der Waals surface area contributed by atoms with Gasteiger partial charge >= 0.3 is 0 Å². The Bertz CT molecular complexity index is 862. The van der Waals surface area contributed by atoms with E-state index in [2.05, 4.69) is 39.6 Å². The molecule has 5 nitrogen and oxygen atoms in total. The number of nitrogens with zero attached hydrogens (tertiary/aromatic N) is 1. The highest BCUT2D eigenvalue weighted by Gasteiger charge is 2.24. The van der Waals surface area contributed by atoms with Gasteiger partial charge in [-0.2, -0.15) is 0 Å². The van der Waals surface area contributed by atoms with Crippen LogP contribution in [0, 0.1) is 0 Å². The van der Waals surface area contributed by atoms with Crippen LogP contribution in [0.3, 0.4) is 0 Å². The maximum Gasteiger partial charge on any atom is 0.234 e. The predicted molar refractivity (Wildman–Crippen MR) is 117 cm³/mol. The maximum absolute atomic E-state index is 12.3. The number of fused-ring (bicyclic) bond motifs is 1. The highest BCUT2D eigenvalue weighted by molar-refractivity contribution is 5.85. The second kappa shape index (κ2) is 9.49. The molecule has 1 amide bonds. The molecule has 29 heavy (non-hydrogen) atoms. The van der Waals surface area contributed by atoms with Crippen LogP contribution in [-0.2, 0) is 4.79 Å². The first-order valence-corrected chi connectivity index (χ1v) is 11.0. The smallest absolute Gasteiger partial charge is 0.234 e. The van der Waals surface area contributed by atoms with Crippen molar-refractivity contribution in [2.45, 2.75) is 50.9 Å². The summed E-state index contributed by atoms with van der Waals surface area (Å²) in [4.78, 5) is 18.0. The molecule has 2 heterocycles. The Morgan fingerprint density at radius 2 is 2.14 bits per heavy atom. The van der Waals surface area contributed by atoms with Gasteiger partial charge in [-0.3, -0.25) is 9.69 Å². The normalized spacial score (nSPS) is 18.6. The molecule has 0 spiro atoms. The van der Waals surface area contributed by atoms with Crippen LogP contribution >= 0.6 is 0 Å². The van der Waals surface area contributed by atoms with Crippen LogP contribution in [0.1, 0.15) is 56.4 Å². The zero-order valence-electron chi connectivity index (χ0n) is 17.5. The second-order valence-corrected chi connectivity index (χ2v) is 8.41. The third-order valence-corrected chi connectivity index (χ3v) is 6.47. The Balaban J connectivity index is 1.24. The lowest BCUT2D eigenvalue weighted by Crippen LogP contribution is -2.41. The van der Waals surface area contributed by atoms with E-state index in [0.717, 1.165) is 50.2 Å². The van der Waals surface area contributed by atoms with E-state index in [1.54, 1.807) is 7.11 Å². The van der Waals surface area contributed by atoms with Crippen molar-refractivity contribution in [1.29, 1.82) is 0 Å². The molecule has 1 aliphatic heterocycles. The predicted octanol–water partition coefficient (Wildman–Crippen LogP) is 4.36. The van der Waals surface area contributed by atoms with E-state index in [4.69, 9.17) is 4.74 Å². The molecule has 0 saturated carbocycles. The monoisotopic (exact) mass is 395 g/mol. The summed E-state index contributed by atoms with van der Waals surface area (Å²) in [5, 5.41) is 4.37. The van der Waals surface area contributed by atoms with Crippen molar-refractivity contribution in [3.05, 3.63) is 41.6 Å². The molecule has 1 fully saturated rings. The molecule has 2 aliphatic rings. The van der Waals surface area contributed by atoms with Gasteiger partial charge in [0.25, 0.3) is 0 Å². The Kier molecular flexibility index (Phi) is 6.55. The van der Waals surface area contributed by atoms with Crippen LogP contribution in [0.5, 0.6) is 5.75 Å². The average molecular weight is 396 g/mol. The fourth-order valence-corrected chi connectivity index (χ4v) is 4.74. The second-order valence-electron chi connectivity index (χ2n) is 8.41. The zero-order chi connectivity index (χ0) is 20.1. The molecule has 1 aromatic carbocycles. The van der Waals surface area contributed by atoms with E-state index in [1.807, 2.05) is 6.07 Å². The van der Waals surface area contributed by atoms with E-state index in [1.165, 1.54) is 42.2 Å². The van der Waals surface area contributed by atoms with Crippen molar-refractivity contribution in [3.8, 4) is 5.75 Å². The Morgan fingerprint density at radius 1 is 1.28 bits per heavy atom. The number of carbonyl (C=O) groups is 1. The van der Waals surface area contributed by atoms with Crippen molar-refractivity contribution in [1.82, 2.24) is 15.2 Å². The third-order valence-electron chi connectivity index (χ3n) is 6.47. The van der Waals surface area contributed by atoms with Crippen LogP contribution in [0.2, 0.25) is 0 Å². The molecule has 0 atom stereocenters. The molecule has 0 radical (unpaired) electrons. The first-order chi connectivity index (χ1) is 14.2. The lowest BCUT2D eigenvalue weighted by Gasteiger charge is -2.31. The summed E-state index contributed by atoms with van der Waals surface area (Å²) in [6, 6.07) is 6.21. The number of likely N-dealkylation sites (tertiary alicyclic amines) is 1. The number of aromatic amines is 1. The summed E-state index contributed by atoms with van der Waals surface area (Å²) in [6.45, 7) is 3.24. The number of hydrogen-bond donors (Lipinski definition) is 2. The largest absolute Gasteiger partial charge is 0.497 e. The van der Waals surface area contributed by atoms with Gasteiger partial charge in [0.2, 0.25) is 5.91 Å². The number of methoxy groups -OCH3 is 1. The van der Waals surface area contributed by atoms with Crippen molar-refractivity contribution in [3.63, 3.8) is 0 Å². The van der Waals surface area contributed by atoms with Crippen molar-refractivity contribution in [2.75, 3.05) is 33.3 Å². The number of H-pyrrole nitrogens is 1. The Hall–Kier alpha value is -2.27. The first kappa shape index (κ1) is 20.0. The maximum atomic E-state index is 12.3. The van der Waals surface area contributed by atoms with Gasteiger partial charge in [0.15, 0.2) is 0 Å². The molecular formula is C24H33N3O2. The summed E-state index contributed by atoms with van der Waals surface area (Å²) in [5.41, 5.74) is 4.06. The van der Waals surface area contributed by atoms with Gasteiger partial charge < -0.3 is 15.0 Å². The molecule has 5 heteroatoms. The lowest BCUT2D eigenvalue weighted by atomic mass is 9.89. The van der Waals surface area contributed by atoms with Gasteiger partial charge in [-0.15, -0.1) is 0 Å². The van der Waals surface area contributed by atoms with E-state index in [-0.39, 0.29) is 5.91 Å². The van der Waals surface area contributed by atoms with Crippen LogP contribution in [0.25, 0.3) is 10.9 Å². The molecule has 0 bridgehead atoms. The fourth-order valence-electron chi connectivity index (χ4n) is 4.74. The number of hydrogen-bond acceptors (Lipinski definition) is 3. The van der Waals surface area contributed by atoms with Gasteiger partial charge in [0.1, 0.15) is 5.75 Å². The number of allylic oxidation sites excluding steroid dienone is 1. The standard InChI is InChI=1S/C24H33N3O2/c1-29-20-7-8-23-21(15-20)22(16-26-23)19-10-13-27(14-11-19)17-24(28)25-12-9-18-5-3-2-4-6-18/h5,7-8,15-16,19,26H,2-4,6,9-14,17H2,1H3,(H,25,28). The topological polar surface area (TPSA) is 57.4 Å². The summed E-state index contributed by atoms with van der Waals surface area (Å²) in [7, 11) is 1.71. The summed E-state index contributed by atoms with van der Waals surface area (Å²) in [6.07, 6.45) is 12.7. The van der Waals surface area contributed by atoms with E-state index in [9.17, 15) is 4.79 Å². The minimum Gasteiger partial charge on any atom is -0.497 e. The van der Waals surface area contributed by atoms with Gasteiger partial charge in [0.05, 0.1) is 13.7 Å². The average Bonchev–Trinajstić information content (AvgIpc) is 3.18. The Morgan fingerprint density at radius 3 is 2.90 bits per heavy atom. The molecule has 2 N–H and O–H groups in total. The zero-order valence-corrected chi connectivity index (χ0v) is 17.5. The van der Waals surface area contributed by atoms with Crippen LogP contribution in [-0.4, -0.2) is 49.1 Å². The summed E-state index contributed by atoms with van der Waals surface area (Å²) < 4.78 is 5.40. The number of benzene rings is 1. The van der Waals surface area contributed by atoms with Gasteiger partial charge in [-0.05, 0) is 87.7 Å². The lowest BCUT2D eigenvalue weighted by molar-refractivity contribution is -0.122. The number of ether oxygens (including phenoxy) is 1. The molecule has 2 aromatic rings. The molecule has 0 unspecified atom stereocenters. The highest BCUT2D eigenvalue weighted by Crippen LogP contribution is 2.34. The van der Waals surface area contributed by atoms with E-state index >= 15 is 0 Å². The van der Waals surface area contributed by atoms with Gasteiger partial charge in [0, 0.05) is 23.6 Å². The SMILES string of the molecule is COc1ccc2[nH]cc(C3CCN(CC(=O)NCCC4=CCCCC4)CC3)c2c1. The highest BCUT2D eigenvalue weighted by atomic mass is 16.5. The summed E-state index contributed by atoms with van der Waals surface area (Å²) in [5.74, 6) is 1.60. The third kappa shape index (κ3) is 5.02. The van der Waals surface area contributed by atoms with E-state index in [0.29, 0.717) is 12.5 Å². The van der Waals surface area contributed by atoms with Gasteiger partial charge in [-0.25, -0.2) is 0 Å². The fraction of sp³-hybridized carbons (Fsp3) is 0.542. The molecule has 4 rings (SSSR count). The number of rotatable bonds is 7. The van der Waals surface area contributed by atoms with Crippen molar-refractivity contribution in [2.24, 2.45) is 0 Å². The van der Waals surface area contributed by atoms with Crippen LogP contribution < -0.4 is 10.1 Å². The summed E-state index contributed by atoms with van der Waals surface area (Å²) >= 11 is 0.